The highest BCUT2D eigenvalue weighted by molar-refractivity contribution is 6.32. The van der Waals surface area contributed by atoms with Gasteiger partial charge in [0.2, 0.25) is 65.6 Å². The van der Waals surface area contributed by atoms with Crippen LogP contribution in [0.15, 0.2) is 140 Å². The third kappa shape index (κ3) is 20.5. The number of nitrogens with two attached hydrogens (primary N) is 1. The highest BCUT2D eigenvalue weighted by atomic mass is 35.5. The van der Waals surface area contributed by atoms with Gasteiger partial charge in [-0.25, -0.2) is 4.79 Å². The lowest BCUT2D eigenvalue weighted by atomic mass is 9.89. The zero-order valence-corrected chi connectivity index (χ0v) is 71.1. The van der Waals surface area contributed by atoms with Crippen LogP contribution in [0.4, 0.5) is 0 Å². The molecule has 42 nitrogen and oxygen atoms in total. The molecule has 23 atom stereocenters. The molecule has 8 amide bonds. The summed E-state index contributed by atoms with van der Waals surface area (Å²) in [5.74, 6) is -19.8. The molecule has 0 radical (unpaired) electrons. The Morgan fingerprint density at radius 2 is 1.07 bits per heavy atom. The smallest absolute Gasteiger partial charge is 0.330 e. The van der Waals surface area contributed by atoms with Crippen LogP contribution < -0.4 is 72.0 Å². The van der Waals surface area contributed by atoms with Gasteiger partial charge in [-0.15, -0.1) is 0 Å². The van der Waals surface area contributed by atoms with Crippen molar-refractivity contribution in [2.75, 3.05) is 19.8 Å². The van der Waals surface area contributed by atoms with Crippen molar-refractivity contribution < 1.29 is 162 Å². The van der Waals surface area contributed by atoms with E-state index < -0.39 is 316 Å². The summed E-state index contributed by atoms with van der Waals surface area (Å²) in [7, 11) is 0. The molecule has 7 aromatic carbocycles. The Morgan fingerprint density at radius 3 is 1.70 bits per heavy atom. The third-order valence-corrected chi connectivity index (χ3v) is 23.4. The minimum Gasteiger partial charge on any atom is -0.508 e. The minimum absolute atomic E-state index is 0.0234. The van der Waals surface area contributed by atoms with E-state index in [0.29, 0.717) is 6.42 Å². The number of ether oxygens (including phenoxy) is 9. The first kappa shape index (κ1) is 95.5. The number of fused-ring (bicyclic) bond motifs is 14. The number of carboxylic acid groups (broad SMARTS) is 1. The number of allylic oxidation sites excluding steroid dienone is 4. The van der Waals surface area contributed by atoms with Crippen molar-refractivity contribution in [2.45, 2.75) is 186 Å². The van der Waals surface area contributed by atoms with Gasteiger partial charge in [-0.2, -0.15) is 0 Å². The number of aromatic hydroxyl groups is 4. The number of hydrogen-bond acceptors (Lipinski definition) is 33. The van der Waals surface area contributed by atoms with Crippen molar-refractivity contribution in [2.24, 2.45) is 5.73 Å². The highest BCUT2D eigenvalue weighted by Gasteiger charge is 2.52. The number of rotatable bonds is 18. The minimum atomic E-state index is -2.60. The van der Waals surface area contributed by atoms with E-state index in [2.05, 4.69) is 42.5 Å². The van der Waals surface area contributed by atoms with E-state index in [9.17, 15) is 95.8 Å². The zero-order valence-electron chi connectivity index (χ0n) is 69.6. The van der Waals surface area contributed by atoms with Crippen molar-refractivity contribution >= 4 is 76.4 Å². The number of phenols is 4. The van der Waals surface area contributed by atoms with Crippen LogP contribution in [0.1, 0.15) is 115 Å². The molecule has 9 heterocycles. The van der Waals surface area contributed by atoms with Crippen molar-refractivity contribution in [3.63, 3.8) is 0 Å². The average Bonchev–Trinajstić information content (AvgIpc) is 0.757. The largest absolute Gasteiger partial charge is 0.508 e. The molecule has 0 aromatic heterocycles. The molecule has 3 saturated heterocycles. The number of nitrogens with one attached hydrogen (secondary N) is 8. The van der Waals surface area contributed by atoms with Gasteiger partial charge in [0.1, 0.15) is 156 Å². The van der Waals surface area contributed by atoms with Gasteiger partial charge in [0.15, 0.2) is 35.3 Å². The van der Waals surface area contributed by atoms with Gasteiger partial charge in [0.25, 0.3) is 0 Å². The summed E-state index contributed by atoms with van der Waals surface area (Å²) < 4.78 is 57.4. The molecule has 3 fully saturated rings. The number of halogens is 2. The van der Waals surface area contributed by atoms with E-state index in [-0.39, 0.29) is 46.2 Å². The number of amides is 8. The van der Waals surface area contributed by atoms with Crippen molar-refractivity contribution in [3.05, 3.63) is 189 Å². The Balaban J connectivity index is 1.04. The Kier molecular flexibility index (Phi) is 29.4. The van der Waals surface area contributed by atoms with E-state index in [1.807, 2.05) is 19.1 Å². The molecule has 9 aliphatic heterocycles. The molecule has 16 rings (SSSR count). The second-order valence-corrected chi connectivity index (χ2v) is 32.8. The lowest BCUT2D eigenvalue weighted by Crippen LogP contribution is -2.65. The number of hydrogen-bond donors (Lipinski definition) is 24. The zero-order chi connectivity index (χ0) is 94.7. The maximum absolute atomic E-state index is 17.0. The summed E-state index contributed by atoms with van der Waals surface area (Å²) in [6, 6.07) is 0.478. The van der Waals surface area contributed by atoms with Crippen LogP contribution in [-0.4, -0.2) is 254 Å². The van der Waals surface area contributed by atoms with Crippen LogP contribution in [0, 0.1) is 0 Å². The van der Waals surface area contributed by atoms with E-state index in [1.54, 1.807) is 12.2 Å². The van der Waals surface area contributed by atoms with Crippen LogP contribution in [0.25, 0.3) is 11.1 Å². The van der Waals surface area contributed by atoms with Gasteiger partial charge in [0, 0.05) is 48.6 Å². The predicted octanol–water partition coefficient (Wildman–Crippen LogP) is 0.716. The molecular formula is C88H93Cl2N9O33. The van der Waals surface area contributed by atoms with Gasteiger partial charge in [-0.05, 0) is 132 Å². The Labute approximate surface area is 758 Å². The van der Waals surface area contributed by atoms with Crippen molar-refractivity contribution in [1.82, 2.24) is 42.5 Å². The summed E-state index contributed by atoms with van der Waals surface area (Å²) in [5, 5.41) is 190. The third-order valence-electron chi connectivity index (χ3n) is 22.8. The first-order chi connectivity index (χ1) is 63.0. The van der Waals surface area contributed by atoms with Crippen molar-refractivity contribution in [1.29, 1.82) is 0 Å². The van der Waals surface area contributed by atoms with E-state index in [0.717, 1.165) is 98.3 Å². The number of carbonyl (C=O) groups is 9. The molecule has 17 bridgehead atoms. The summed E-state index contributed by atoms with van der Waals surface area (Å²) in [4.78, 5) is 138. The van der Waals surface area contributed by atoms with Crippen LogP contribution >= 0.6 is 23.2 Å². The van der Waals surface area contributed by atoms with Gasteiger partial charge >= 0.3 is 5.97 Å². The number of carboxylic acids is 1. The summed E-state index contributed by atoms with van der Waals surface area (Å²) in [5.41, 5.74) is 2.74. The number of carbonyl (C=O) groups excluding carboxylic acids is 8. The fourth-order valence-electron chi connectivity index (χ4n) is 16.1. The van der Waals surface area contributed by atoms with Crippen molar-refractivity contribution in [3.8, 4) is 80.1 Å². The van der Waals surface area contributed by atoms with Gasteiger partial charge in [-0.1, -0.05) is 78.7 Å². The molecule has 9 aliphatic rings. The molecule has 44 heteroatoms. The van der Waals surface area contributed by atoms with Crippen LogP contribution in [0.5, 0.6) is 69.0 Å². The number of phenolic OH excluding ortho intramolecular Hbond substituents is 4. The lowest BCUT2D eigenvalue weighted by molar-refractivity contribution is -0.284. The number of aliphatic carboxylic acids is 1. The normalized spacial score (nSPS) is 29.0. The van der Waals surface area contributed by atoms with Gasteiger partial charge in [0.05, 0.1) is 29.9 Å². The summed E-state index contributed by atoms with van der Waals surface area (Å²) in [6.07, 6.45) is -20.8. The maximum atomic E-state index is 17.0. The lowest BCUT2D eigenvalue weighted by Gasteiger charge is -2.44. The molecule has 0 saturated carbocycles. The molecule has 8 unspecified atom stereocenters. The molecular weight excluding hydrogens is 1780 g/mol. The monoisotopic (exact) mass is 1870 g/mol. The maximum Gasteiger partial charge on any atom is 0.330 e. The Bertz CT molecular complexity index is 5650. The molecule has 7 aromatic rings. The van der Waals surface area contributed by atoms with Gasteiger partial charge in [-0.3, -0.25) is 38.4 Å². The van der Waals surface area contributed by atoms with E-state index in [4.69, 9.17) is 71.6 Å². The van der Waals surface area contributed by atoms with Gasteiger partial charge < -0.3 is 167 Å². The SMILES string of the molecule is CC/C=C/C/C=C/CCC(=O)N[C@H]1[C@H](Oc2c3cc4cc2Oc2ccc(cc2Cl)C(O[C@@H]2O[C@H](CO)[C@@H](O)[C@H](O)[C@H]2NC(C)=O)C2NC(=O)C(NC(=O)C4NC(=O)C4NC(=O)C(Cc5ccc(c(Cl)c5)O3)NC(=O)C(N)c3ccc(O)c(c3)Oc3cc(O)cc4c3)c3ccc(O)c(c3)-c3c(O[C@H]4O[C@H](CO)[C@@H](O)[C@H](O)[C@@H]4O)cc(O)cc3C(C(=O)O)NC2=O)O[C@H](CO)[C@@H](O)[C@@H]1O. The Morgan fingerprint density at radius 1 is 0.508 bits per heavy atom. The van der Waals surface area contributed by atoms with E-state index in [1.165, 1.54) is 30.3 Å². The van der Waals surface area contributed by atoms with Crippen LogP contribution in [0.2, 0.25) is 10.0 Å². The van der Waals surface area contributed by atoms with Crippen LogP contribution in [-0.2, 0) is 68.5 Å². The molecule has 0 aliphatic carbocycles. The standard InChI is InChI=1S/C88H93Cl2N9O33/c1-3-4-5-6-7-8-9-10-60(108)94-68-74(113)71(110)58(32-101)129-87(68)132-78-55-26-40-27-56(78)126-52-18-14-38(24-47(52)90)77(131-86-67(92-34(2)103)73(112)70(109)57(31-100)128-86)69-84(121)98-66(85(122)123)45-29-42(105)30-54(127-88-76(115)75(114)72(111)59(33-102)130-88)61(45)44-23-37(13-15-49(44)106)63(81(118)99-69)96-83(120)65(40)97-82(119)64-39-21-41(104)28-43(22-39)124-53-25-36(12-16-50(53)107)62(91)80(117)93-48(79(116)95-64)20-35-11-17-51(125-55)46(89)19-35/h4-5,7-8,11-19,21-30,48,57-59,62-77,86-88,100-102,104-107,109-115H,3,6,9-10,20,31-33,91H2,1-2H3,(H,92,103)(H,93,117)(H,94,108)(H,95,116)(H,96,120)(H,97,119)(H,98,121)(H,99,118)(H,122,123)/b5-4+,8-7+/t48?,57-,58-,59-,62?,63?,64?,65?,66?,67-,68-,69?,70-,71-,72-,73-,74-,75+,76+,77?,86+,87+,88+/m1/s1. The Hall–Kier alpha value is -12.6. The molecule has 25 N–H and O–H groups in total. The first-order valence-electron chi connectivity index (χ1n) is 41.4. The fraction of sp³-hybridized carbons (Fsp3) is 0.375. The van der Waals surface area contributed by atoms with E-state index >= 15 is 24.0 Å². The second kappa shape index (κ2) is 40.7. The molecule has 0 spiro atoms. The second-order valence-electron chi connectivity index (χ2n) is 32.0. The number of aliphatic hydroxyl groups excluding tert-OH is 10. The first-order valence-corrected chi connectivity index (χ1v) is 42.2. The summed E-state index contributed by atoms with van der Waals surface area (Å²) >= 11 is 14.7. The predicted molar refractivity (Wildman–Crippen MR) is 453 cm³/mol. The fourth-order valence-corrected chi connectivity index (χ4v) is 16.5. The topological polar surface area (TPSA) is 662 Å². The molecule has 132 heavy (non-hydrogen) atoms. The average molecular weight is 1880 g/mol. The molecule has 702 valence electrons. The quantitative estimate of drug-likeness (QED) is 0.0526. The summed E-state index contributed by atoms with van der Waals surface area (Å²) in [6.45, 7) is -0.245. The number of benzene rings is 7. The highest BCUT2D eigenvalue weighted by Crippen LogP contribution is 2.51. The van der Waals surface area contributed by atoms with Crippen LogP contribution in [0.3, 0.4) is 0 Å². The number of aliphatic hydroxyl groups is 10.